The van der Waals surface area contributed by atoms with Crippen molar-refractivity contribution >= 4 is 0 Å². The molecule has 0 heterocycles. The molecule has 0 saturated carbocycles. The van der Waals surface area contributed by atoms with Crippen LogP contribution in [0.5, 0.6) is 5.75 Å². The van der Waals surface area contributed by atoms with Crippen LogP contribution in [0.1, 0.15) is 32.8 Å². The van der Waals surface area contributed by atoms with Gasteiger partial charge in [-0.2, -0.15) is 0 Å². The lowest BCUT2D eigenvalue weighted by atomic mass is 9.92. The molecule has 1 aromatic rings. The van der Waals surface area contributed by atoms with Gasteiger partial charge in [-0.1, -0.05) is 32.9 Å². The predicted octanol–water partition coefficient (Wildman–Crippen LogP) is 4.11. The summed E-state index contributed by atoms with van der Waals surface area (Å²) < 4.78 is 39.7. The van der Waals surface area contributed by atoms with E-state index in [1.165, 1.54) is 12.1 Å². The molecule has 1 aromatic carbocycles. The maximum atomic E-state index is 12.0. The summed E-state index contributed by atoms with van der Waals surface area (Å²) in [6.45, 7) is 8.01. The zero-order valence-electron chi connectivity index (χ0n) is 11.5. The van der Waals surface area contributed by atoms with Gasteiger partial charge in [0, 0.05) is 6.54 Å². The van der Waals surface area contributed by atoms with Gasteiger partial charge in [-0.3, -0.25) is 0 Å². The van der Waals surface area contributed by atoms with Crippen molar-refractivity contribution in [2.24, 2.45) is 5.41 Å². The summed E-state index contributed by atoms with van der Waals surface area (Å²) in [7, 11) is 0. The van der Waals surface area contributed by atoms with E-state index in [1.807, 2.05) is 0 Å². The quantitative estimate of drug-likeness (QED) is 0.816. The molecule has 5 heteroatoms. The highest BCUT2D eigenvalue weighted by Gasteiger charge is 2.30. The Balaban J connectivity index is 2.36. The fourth-order valence-electron chi connectivity index (χ4n) is 1.51. The second-order valence-corrected chi connectivity index (χ2v) is 5.68. The number of alkyl halides is 3. The Labute approximate surface area is 112 Å². The third-order valence-corrected chi connectivity index (χ3v) is 2.54. The topological polar surface area (TPSA) is 21.3 Å². The molecule has 0 aliphatic rings. The SMILES string of the molecule is CC(C)(C)CCNCc1ccc(OC(F)(F)F)cc1. The maximum Gasteiger partial charge on any atom is 0.573 e. The van der Waals surface area contributed by atoms with Crippen LogP contribution in [-0.4, -0.2) is 12.9 Å². The molecule has 0 fully saturated rings. The van der Waals surface area contributed by atoms with E-state index in [0.29, 0.717) is 6.54 Å². The zero-order chi connectivity index (χ0) is 14.5. The van der Waals surface area contributed by atoms with Crippen LogP contribution in [0.25, 0.3) is 0 Å². The van der Waals surface area contributed by atoms with Crippen molar-refractivity contribution in [1.29, 1.82) is 0 Å². The largest absolute Gasteiger partial charge is 0.573 e. The Morgan fingerprint density at radius 2 is 1.63 bits per heavy atom. The number of rotatable bonds is 5. The molecule has 0 unspecified atom stereocenters. The molecule has 0 aliphatic carbocycles. The van der Waals surface area contributed by atoms with Gasteiger partial charge in [-0.25, -0.2) is 0 Å². The van der Waals surface area contributed by atoms with Gasteiger partial charge in [0.15, 0.2) is 0 Å². The molecule has 2 nitrogen and oxygen atoms in total. The van der Waals surface area contributed by atoms with E-state index < -0.39 is 6.36 Å². The number of nitrogens with one attached hydrogen (secondary N) is 1. The minimum atomic E-state index is -4.63. The molecule has 108 valence electrons. The first kappa shape index (κ1) is 15.8. The average Bonchev–Trinajstić information content (AvgIpc) is 2.23. The van der Waals surface area contributed by atoms with Gasteiger partial charge in [0.2, 0.25) is 0 Å². The van der Waals surface area contributed by atoms with Crippen molar-refractivity contribution in [2.45, 2.75) is 40.1 Å². The van der Waals surface area contributed by atoms with Crippen molar-refractivity contribution in [3.63, 3.8) is 0 Å². The average molecular weight is 275 g/mol. The monoisotopic (exact) mass is 275 g/mol. The smallest absolute Gasteiger partial charge is 0.406 e. The number of hydrogen-bond donors (Lipinski definition) is 1. The van der Waals surface area contributed by atoms with E-state index in [4.69, 9.17) is 0 Å². The predicted molar refractivity (Wildman–Crippen MR) is 68.9 cm³/mol. The molecule has 0 aliphatic heterocycles. The standard InChI is InChI=1S/C14H20F3NO/c1-13(2,3)8-9-18-10-11-4-6-12(7-5-11)19-14(15,16)17/h4-7,18H,8-10H2,1-3H3. The van der Waals surface area contributed by atoms with Gasteiger partial charge < -0.3 is 10.1 Å². The highest BCUT2D eigenvalue weighted by Crippen LogP contribution is 2.22. The van der Waals surface area contributed by atoms with Gasteiger partial charge in [-0.05, 0) is 36.1 Å². The van der Waals surface area contributed by atoms with E-state index in [-0.39, 0.29) is 11.2 Å². The molecule has 0 bridgehead atoms. The summed E-state index contributed by atoms with van der Waals surface area (Å²) in [4.78, 5) is 0. The third kappa shape index (κ3) is 7.72. The number of benzene rings is 1. The third-order valence-electron chi connectivity index (χ3n) is 2.54. The highest BCUT2D eigenvalue weighted by molar-refractivity contribution is 5.27. The Morgan fingerprint density at radius 3 is 2.11 bits per heavy atom. The van der Waals surface area contributed by atoms with Gasteiger partial charge in [0.25, 0.3) is 0 Å². The van der Waals surface area contributed by atoms with Crippen molar-refractivity contribution < 1.29 is 17.9 Å². The van der Waals surface area contributed by atoms with Gasteiger partial charge in [0.1, 0.15) is 5.75 Å². The molecular weight excluding hydrogens is 255 g/mol. The first-order valence-electron chi connectivity index (χ1n) is 6.21. The molecule has 0 saturated heterocycles. The maximum absolute atomic E-state index is 12.0. The summed E-state index contributed by atoms with van der Waals surface area (Å²) >= 11 is 0. The summed E-state index contributed by atoms with van der Waals surface area (Å²) in [5.74, 6) is -0.189. The van der Waals surface area contributed by atoms with Gasteiger partial charge in [-0.15, -0.1) is 13.2 Å². The van der Waals surface area contributed by atoms with Crippen molar-refractivity contribution in [3.05, 3.63) is 29.8 Å². The lowest BCUT2D eigenvalue weighted by molar-refractivity contribution is -0.274. The lowest BCUT2D eigenvalue weighted by Gasteiger charge is -2.18. The van der Waals surface area contributed by atoms with Crippen LogP contribution in [0.2, 0.25) is 0 Å². The molecule has 1 rings (SSSR count). The van der Waals surface area contributed by atoms with Crippen LogP contribution in [0.3, 0.4) is 0 Å². The Morgan fingerprint density at radius 1 is 1.05 bits per heavy atom. The molecule has 0 spiro atoms. The first-order chi connectivity index (χ1) is 8.66. The number of hydrogen-bond acceptors (Lipinski definition) is 2. The molecule has 0 radical (unpaired) electrons. The van der Waals surface area contributed by atoms with Crippen LogP contribution in [0.4, 0.5) is 13.2 Å². The van der Waals surface area contributed by atoms with Crippen molar-refractivity contribution in [1.82, 2.24) is 5.32 Å². The Bertz CT molecular complexity index is 379. The van der Waals surface area contributed by atoms with E-state index >= 15 is 0 Å². The molecule has 0 aromatic heterocycles. The summed E-state index contributed by atoms with van der Waals surface area (Å²) in [6.07, 6.45) is -3.59. The minimum absolute atomic E-state index is 0.189. The molecular formula is C14H20F3NO. The van der Waals surface area contributed by atoms with Crippen LogP contribution in [0.15, 0.2) is 24.3 Å². The zero-order valence-corrected chi connectivity index (χ0v) is 11.5. The lowest BCUT2D eigenvalue weighted by Crippen LogP contribution is -2.20. The summed E-state index contributed by atoms with van der Waals surface area (Å²) in [5.41, 5.74) is 1.21. The molecule has 0 amide bonds. The fourth-order valence-corrected chi connectivity index (χ4v) is 1.51. The van der Waals surface area contributed by atoms with Gasteiger partial charge in [0.05, 0.1) is 0 Å². The second kappa shape index (κ2) is 6.28. The number of halogens is 3. The van der Waals surface area contributed by atoms with E-state index in [2.05, 4.69) is 30.8 Å². The van der Waals surface area contributed by atoms with E-state index in [1.54, 1.807) is 12.1 Å². The van der Waals surface area contributed by atoms with Crippen LogP contribution in [-0.2, 0) is 6.54 Å². The van der Waals surface area contributed by atoms with Gasteiger partial charge >= 0.3 is 6.36 Å². The highest BCUT2D eigenvalue weighted by atomic mass is 19.4. The molecule has 19 heavy (non-hydrogen) atoms. The second-order valence-electron chi connectivity index (χ2n) is 5.68. The first-order valence-corrected chi connectivity index (χ1v) is 6.21. The number of ether oxygens (including phenoxy) is 1. The van der Waals surface area contributed by atoms with Crippen LogP contribution in [0, 0.1) is 5.41 Å². The normalized spacial score (nSPS) is 12.5. The van der Waals surface area contributed by atoms with Crippen LogP contribution < -0.4 is 10.1 Å². The van der Waals surface area contributed by atoms with Crippen LogP contribution >= 0.6 is 0 Å². The van der Waals surface area contributed by atoms with E-state index in [0.717, 1.165) is 18.5 Å². The Hall–Kier alpha value is -1.23. The minimum Gasteiger partial charge on any atom is -0.406 e. The molecule has 1 N–H and O–H groups in total. The van der Waals surface area contributed by atoms with E-state index in [9.17, 15) is 13.2 Å². The van der Waals surface area contributed by atoms with Crippen molar-refractivity contribution in [3.8, 4) is 5.75 Å². The fraction of sp³-hybridized carbons (Fsp3) is 0.571. The molecule has 0 atom stereocenters. The summed E-state index contributed by atoms with van der Waals surface area (Å²) in [5, 5.41) is 3.26. The summed E-state index contributed by atoms with van der Waals surface area (Å²) in [6, 6.07) is 5.92. The van der Waals surface area contributed by atoms with Crippen molar-refractivity contribution in [2.75, 3.05) is 6.54 Å². The Kier molecular flexibility index (Phi) is 5.23.